The van der Waals surface area contributed by atoms with E-state index in [2.05, 4.69) is 70.2 Å². The van der Waals surface area contributed by atoms with Crippen molar-refractivity contribution in [2.45, 2.75) is 40.5 Å². The Kier molecular flexibility index (Phi) is 3.73. The molecule has 0 saturated carbocycles. The Morgan fingerprint density at radius 2 is 1.46 bits per heavy atom. The summed E-state index contributed by atoms with van der Waals surface area (Å²) in [6.45, 7) is 11.2. The van der Waals surface area contributed by atoms with Gasteiger partial charge in [-0.15, -0.1) is 0 Å². The first-order chi connectivity index (χ1) is 12.3. The van der Waals surface area contributed by atoms with Crippen molar-refractivity contribution in [1.82, 2.24) is 0 Å². The average Bonchev–Trinajstić information content (AvgIpc) is 2.61. The standard InChI is InChI=1S/C25H26O/c1-6-17-21(26)14-13-19-18-11-7-9-16-10-8-12-20(23(16)18)22(24(17)19)15(2)25(3,4)5/h6-15,26H,1-5H3/b17-6-. The number of phenolic OH excluding ortho intramolecular Hbond substituents is 1. The van der Waals surface area contributed by atoms with Gasteiger partial charge in [-0.25, -0.2) is 0 Å². The molecule has 4 rings (SSSR count). The zero-order valence-electron chi connectivity index (χ0n) is 16.2. The molecular formula is C25H26O. The van der Waals surface area contributed by atoms with Crippen LogP contribution in [0, 0.1) is 5.41 Å². The van der Waals surface area contributed by atoms with E-state index < -0.39 is 0 Å². The minimum Gasteiger partial charge on any atom is -0.507 e. The molecule has 1 N–H and O–H groups in total. The Bertz CT molecular complexity index is 1190. The number of benzene rings is 4. The highest BCUT2D eigenvalue weighted by molar-refractivity contribution is 6.23. The molecule has 1 nitrogen and oxygen atoms in total. The van der Waals surface area contributed by atoms with E-state index in [1.165, 1.54) is 37.9 Å². The van der Waals surface area contributed by atoms with Crippen LogP contribution in [0.2, 0.25) is 0 Å². The third kappa shape index (κ3) is 2.30. The predicted molar refractivity (Wildman–Crippen MR) is 114 cm³/mol. The van der Waals surface area contributed by atoms with Crippen molar-refractivity contribution >= 4 is 38.4 Å². The molecule has 26 heavy (non-hydrogen) atoms. The molecule has 0 radical (unpaired) electrons. The molecular weight excluding hydrogens is 316 g/mol. The molecule has 4 aromatic rings. The van der Waals surface area contributed by atoms with Gasteiger partial charge in [0.25, 0.3) is 0 Å². The van der Waals surface area contributed by atoms with E-state index in [0.29, 0.717) is 11.7 Å². The Labute approximate surface area is 154 Å². The topological polar surface area (TPSA) is 20.2 Å². The number of fused-ring (bicyclic) bond motifs is 2. The van der Waals surface area contributed by atoms with Crippen molar-refractivity contribution in [3.63, 3.8) is 0 Å². The molecule has 1 atom stereocenters. The van der Waals surface area contributed by atoms with Gasteiger partial charge in [-0.1, -0.05) is 76.2 Å². The van der Waals surface area contributed by atoms with Crippen LogP contribution in [0.4, 0.5) is 0 Å². The molecule has 1 heteroatoms. The van der Waals surface area contributed by atoms with E-state index in [0.717, 1.165) is 5.22 Å². The summed E-state index contributed by atoms with van der Waals surface area (Å²) in [6.07, 6.45) is 2.04. The highest BCUT2D eigenvalue weighted by Crippen LogP contribution is 2.44. The molecule has 0 saturated heterocycles. The fourth-order valence-corrected chi connectivity index (χ4v) is 4.22. The molecule has 0 aliphatic heterocycles. The number of aromatic hydroxyl groups is 1. The zero-order valence-corrected chi connectivity index (χ0v) is 16.2. The van der Waals surface area contributed by atoms with Crippen LogP contribution in [0.5, 0.6) is 5.75 Å². The normalized spacial score (nSPS) is 14.6. The van der Waals surface area contributed by atoms with Crippen molar-refractivity contribution in [1.29, 1.82) is 0 Å². The van der Waals surface area contributed by atoms with Crippen LogP contribution >= 0.6 is 0 Å². The Morgan fingerprint density at radius 3 is 2.08 bits per heavy atom. The number of hydrogen-bond acceptors (Lipinski definition) is 1. The first-order valence-electron chi connectivity index (χ1n) is 9.39. The van der Waals surface area contributed by atoms with Crippen LogP contribution in [-0.2, 0) is 0 Å². The molecule has 0 aliphatic carbocycles. The van der Waals surface area contributed by atoms with Crippen molar-refractivity contribution < 1.29 is 5.11 Å². The summed E-state index contributed by atoms with van der Waals surface area (Å²) in [5, 5.41) is 19.1. The second kappa shape index (κ2) is 5.74. The van der Waals surface area contributed by atoms with Gasteiger partial charge in [-0.2, -0.15) is 0 Å². The van der Waals surface area contributed by atoms with Crippen LogP contribution in [0.3, 0.4) is 0 Å². The minimum absolute atomic E-state index is 0.123. The van der Waals surface area contributed by atoms with E-state index in [9.17, 15) is 5.11 Å². The van der Waals surface area contributed by atoms with Crippen molar-refractivity contribution in [2.24, 2.45) is 5.41 Å². The van der Waals surface area contributed by atoms with Crippen LogP contribution in [-0.4, -0.2) is 5.11 Å². The Balaban J connectivity index is 2.40. The van der Waals surface area contributed by atoms with Gasteiger partial charge >= 0.3 is 0 Å². The summed E-state index contributed by atoms with van der Waals surface area (Å²) >= 11 is 0. The largest absolute Gasteiger partial charge is 0.507 e. The molecule has 0 aromatic heterocycles. The highest BCUT2D eigenvalue weighted by atomic mass is 16.3. The van der Waals surface area contributed by atoms with Gasteiger partial charge in [0.05, 0.1) is 0 Å². The quantitative estimate of drug-likeness (QED) is 0.308. The maximum atomic E-state index is 10.6. The van der Waals surface area contributed by atoms with E-state index in [1.807, 2.05) is 19.1 Å². The molecule has 0 amide bonds. The molecule has 0 heterocycles. The number of rotatable bonds is 1. The van der Waals surface area contributed by atoms with Gasteiger partial charge in [0.15, 0.2) is 0 Å². The van der Waals surface area contributed by atoms with Crippen molar-refractivity contribution in [2.75, 3.05) is 0 Å². The Morgan fingerprint density at radius 1 is 0.846 bits per heavy atom. The Hall–Kier alpha value is -2.54. The van der Waals surface area contributed by atoms with E-state index in [1.54, 1.807) is 0 Å². The third-order valence-electron chi connectivity index (χ3n) is 6.00. The summed E-state index contributed by atoms with van der Waals surface area (Å²) < 4.78 is 0. The second-order valence-electron chi connectivity index (χ2n) is 8.42. The first-order valence-corrected chi connectivity index (χ1v) is 9.39. The lowest BCUT2D eigenvalue weighted by Crippen LogP contribution is -2.18. The third-order valence-corrected chi connectivity index (χ3v) is 6.00. The maximum absolute atomic E-state index is 10.6. The minimum atomic E-state index is 0.123. The fraction of sp³-hybridized carbons (Fsp3) is 0.280. The fourth-order valence-electron chi connectivity index (χ4n) is 4.22. The SMILES string of the molecule is C/C=c1/c(O)ccc2c1c(C(C)C(C)(C)C)c1cccc3cccc2c31. The molecule has 1 unspecified atom stereocenters. The number of hydrogen-bond donors (Lipinski definition) is 1. The average molecular weight is 342 g/mol. The predicted octanol–water partition coefficient (Wildman–Crippen LogP) is 6.52. The van der Waals surface area contributed by atoms with Crippen molar-refractivity contribution in [3.8, 4) is 5.75 Å². The highest BCUT2D eigenvalue weighted by Gasteiger charge is 2.27. The second-order valence-corrected chi connectivity index (χ2v) is 8.42. The van der Waals surface area contributed by atoms with Crippen LogP contribution < -0.4 is 5.22 Å². The lowest BCUT2D eigenvalue weighted by molar-refractivity contribution is 0.342. The summed E-state index contributed by atoms with van der Waals surface area (Å²) in [7, 11) is 0. The van der Waals surface area contributed by atoms with Gasteiger partial charge in [-0.3, -0.25) is 0 Å². The molecule has 0 bridgehead atoms. The maximum Gasteiger partial charge on any atom is 0.123 e. The van der Waals surface area contributed by atoms with Crippen LogP contribution in [0.15, 0.2) is 48.5 Å². The smallest absolute Gasteiger partial charge is 0.123 e. The van der Waals surface area contributed by atoms with Gasteiger partial charge in [0.1, 0.15) is 5.75 Å². The van der Waals surface area contributed by atoms with E-state index >= 15 is 0 Å². The van der Waals surface area contributed by atoms with E-state index in [-0.39, 0.29) is 5.41 Å². The first kappa shape index (κ1) is 16.9. The van der Waals surface area contributed by atoms with Crippen LogP contribution in [0.1, 0.15) is 46.1 Å². The van der Waals surface area contributed by atoms with Crippen molar-refractivity contribution in [3.05, 3.63) is 59.3 Å². The summed E-state index contributed by atoms with van der Waals surface area (Å²) in [4.78, 5) is 0. The molecule has 0 spiro atoms. The molecule has 4 aromatic carbocycles. The van der Waals surface area contributed by atoms with Gasteiger partial charge < -0.3 is 5.11 Å². The monoisotopic (exact) mass is 342 g/mol. The summed E-state index contributed by atoms with van der Waals surface area (Å²) in [5.41, 5.74) is 1.47. The van der Waals surface area contributed by atoms with Gasteiger partial charge in [0, 0.05) is 5.22 Å². The van der Waals surface area contributed by atoms with Gasteiger partial charge in [-0.05, 0) is 62.2 Å². The lowest BCUT2D eigenvalue weighted by atomic mass is 9.73. The van der Waals surface area contributed by atoms with E-state index in [4.69, 9.17) is 0 Å². The molecule has 0 fully saturated rings. The summed E-state index contributed by atoms with van der Waals surface area (Å²) in [5.74, 6) is 0.706. The van der Waals surface area contributed by atoms with Crippen LogP contribution in [0.25, 0.3) is 38.4 Å². The number of phenols is 1. The molecule has 0 aliphatic rings. The summed E-state index contributed by atoms with van der Waals surface area (Å²) in [6, 6.07) is 17.0. The molecule has 132 valence electrons. The van der Waals surface area contributed by atoms with Gasteiger partial charge in [0.2, 0.25) is 0 Å². The lowest BCUT2D eigenvalue weighted by Gasteiger charge is -2.31. The zero-order chi connectivity index (χ0) is 18.6.